The molecule has 1 amide bonds. The van der Waals surface area contributed by atoms with Crippen molar-refractivity contribution >= 4 is 5.91 Å². The van der Waals surface area contributed by atoms with Gasteiger partial charge in [-0.25, -0.2) is 0 Å². The average molecular weight is 241 g/mol. The molecule has 0 aliphatic carbocycles. The largest absolute Gasteiger partial charge is 0.339 e. The summed E-state index contributed by atoms with van der Waals surface area (Å²) in [5.41, 5.74) is 5.32. The molecule has 0 spiro atoms. The molecule has 4 heteroatoms. The number of amides is 1. The summed E-state index contributed by atoms with van der Waals surface area (Å²) in [6.45, 7) is 11.9. The van der Waals surface area contributed by atoms with Crippen molar-refractivity contribution in [1.82, 2.24) is 9.80 Å². The molecule has 4 nitrogen and oxygen atoms in total. The lowest BCUT2D eigenvalue weighted by Crippen LogP contribution is -2.52. The molecule has 1 aliphatic rings. The Hall–Kier alpha value is -0.610. The number of nitrogens with zero attached hydrogens (tertiary/aromatic N) is 2. The lowest BCUT2D eigenvalue weighted by Gasteiger charge is -2.30. The first-order valence-corrected chi connectivity index (χ1v) is 6.78. The first-order chi connectivity index (χ1) is 7.96. The minimum absolute atomic E-state index is 0.106. The van der Waals surface area contributed by atoms with Gasteiger partial charge in [-0.1, -0.05) is 20.8 Å². The summed E-state index contributed by atoms with van der Waals surface area (Å²) < 4.78 is 0. The van der Waals surface area contributed by atoms with Crippen molar-refractivity contribution in [2.45, 2.75) is 52.1 Å². The highest BCUT2D eigenvalue weighted by atomic mass is 16.2. The Morgan fingerprint density at radius 2 is 2.00 bits per heavy atom. The van der Waals surface area contributed by atoms with Crippen LogP contribution >= 0.6 is 0 Å². The SMILES string of the molecule is CCN(CC)C1CCN(C(=O)C(C)(N)CC)C1. The minimum atomic E-state index is -0.696. The number of carbonyl (C=O) groups is 1. The zero-order valence-corrected chi connectivity index (χ0v) is 11.7. The second-order valence-electron chi connectivity index (χ2n) is 5.19. The van der Waals surface area contributed by atoms with E-state index in [1.165, 1.54) is 0 Å². The maximum atomic E-state index is 12.2. The van der Waals surface area contributed by atoms with Crippen LogP contribution in [0.1, 0.15) is 40.5 Å². The van der Waals surface area contributed by atoms with Gasteiger partial charge in [0, 0.05) is 19.1 Å². The highest BCUT2D eigenvalue weighted by Crippen LogP contribution is 2.19. The van der Waals surface area contributed by atoms with Crippen LogP contribution in [-0.4, -0.2) is 53.5 Å². The molecule has 17 heavy (non-hydrogen) atoms. The molecule has 0 saturated carbocycles. The lowest BCUT2D eigenvalue weighted by atomic mass is 9.99. The van der Waals surface area contributed by atoms with Gasteiger partial charge < -0.3 is 10.6 Å². The fourth-order valence-electron chi connectivity index (χ4n) is 2.48. The van der Waals surface area contributed by atoms with E-state index >= 15 is 0 Å². The maximum absolute atomic E-state index is 12.2. The van der Waals surface area contributed by atoms with E-state index in [1.807, 2.05) is 18.7 Å². The molecule has 0 aromatic rings. The molecule has 1 rings (SSSR count). The number of nitrogens with two attached hydrogens (primary N) is 1. The van der Waals surface area contributed by atoms with Crippen LogP contribution < -0.4 is 5.73 Å². The highest BCUT2D eigenvalue weighted by Gasteiger charge is 2.36. The molecule has 1 aliphatic heterocycles. The molecule has 100 valence electrons. The fourth-order valence-corrected chi connectivity index (χ4v) is 2.48. The van der Waals surface area contributed by atoms with Crippen LogP contribution in [0.2, 0.25) is 0 Å². The number of carbonyl (C=O) groups excluding carboxylic acids is 1. The summed E-state index contributed by atoms with van der Waals surface area (Å²) in [5.74, 6) is 0.106. The summed E-state index contributed by atoms with van der Waals surface area (Å²) in [6, 6.07) is 0.515. The van der Waals surface area contributed by atoms with Crippen LogP contribution in [0.3, 0.4) is 0 Å². The summed E-state index contributed by atoms with van der Waals surface area (Å²) in [7, 11) is 0. The van der Waals surface area contributed by atoms with Crippen molar-refractivity contribution in [3.05, 3.63) is 0 Å². The van der Waals surface area contributed by atoms with Crippen LogP contribution in [0.15, 0.2) is 0 Å². The fraction of sp³-hybridized carbons (Fsp3) is 0.923. The molecular formula is C13H27N3O. The zero-order valence-electron chi connectivity index (χ0n) is 11.7. The first kappa shape index (κ1) is 14.5. The Balaban J connectivity index is 2.59. The summed E-state index contributed by atoms with van der Waals surface area (Å²) in [5, 5.41) is 0. The van der Waals surface area contributed by atoms with Gasteiger partial charge in [-0.2, -0.15) is 0 Å². The molecule has 1 heterocycles. The van der Waals surface area contributed by atoms with E-state index in [4.69, 9.17) is 5.73 Å². The van der Waals surface area contributed by atoms with Crippen molar-refractivity contribution in [3.8, 4) is 0 Å². The molecule has 1 saturated heterocycles. The van der Waals surface area contributed by atoms with E-state index in [2.05, 4.69) is 18.7 Å². The molecule has 1 fully saturated rings. The molecule has 2 unspecified atom stereocenters. The van der Waals surface area contributed by atoms with Crippen molar-refractivity contribution < 1.29 is 4.79 Å². The van der Waals surface area contributed by atoms with Gasteiger partial charge >= 0.3 is 0 Å². The summed E-state index contributed by atoms with van der Waals surface area (Å²) >= 11 is 0. The van der Waals surface area contributed by atoms with E-state index in [9.17, 15) is 4.79 Å². The molecule has 2 atom stereocenters. The van der Waals surface area contributed by atoms with Crippen LogP contribution in [0.5, 0.6) is 0 Å². The Labute approximate surface area is 105 Å². The second-order valence-corrected chi connectivity index (χ2v) is 5.19. The first-order valence-electron chi connectivity index (χ1n) is 6.78. The quantitative estimate of drug-likeness (QED) is 0.783. The molecule has 0 radical (unpaired) electrons. The van der Waals surface area contributed by atoms with Crippen molar-refractivity contribution in [2.75, 3.05) is 26.2 Å². The third-order valence-corrected chi connectivity index (χ3v) is 4.00. The Bertz CT molecular complexity index is 261. The van der Waals surface area contributed by atoms with Crippen LogP contribution in [-0.2, 0) is 4.79 Å². The molecular weight excluding hydrogens is 214 g/mol. The van der Waals surface area contributed by atoms with Gasteiger partial charge in [-0.15, -0.1) is 0 Å². The monoisotopic (exact) mass is 241 g/mol. The van der Waals surface area contributed by atoms with E-state index in [1.54, 1.807) is 0 Å². The van der Waals surface area contributed by atoms with E-state index in [0.717, 1.165) is 32.6 Å². The molecule has 0 aromatic heterocycles. The lowest BCUT2D eigenvalue weighted by molar-refractivity contribution is -0.135. The highest BCUT2D eigenvalue weighted by molar-refractivity contribution is 5.85. The van der Waals surface area contributed by atoms with Gasteiger partial charge in [0.05, 0.1) is 5.54 Å². The van der Waals surface area contributed by atoms with Gasteiger partial charge in [-0.05, 0) is 32.9 Å². The Morgan fingerprint density at radius 3 is 2.47 bits per heavy atom. The van der Waals surface area contributed by atoms with Gasteiger partial charge in [0.2, 0.25) is 5.91 Å². The van der Waals surface area contributed by atoms with Crippen LogP contribution in [0, 0.1) is 0 Å². The second kappa shape index (κ2) is 5.83. The number of hydrogen-bond donors (Lipinski definition) is 1. The van der Waals surface area contributed by atoms with Gasteiger partial charge in [0.25, 0.3) is 0 Å². The number of rotatable bonds is 5. The zero-order chi connectivity index (χ0) is 13.1. The maximum Gasteiger partial charge on any atom is 0.242 e. The number of likely N-dealkylation sites (tertiary alicyclic amines) is 1. The van der Waals surface area contributed by atoms with Gasteiger partial charge in [0.15, 0.2) is 0 Å². The van der Waals surface area contributed by atoms with Crippen LogP contribution in [0.4, 0.5) is 0 Å². The number of hydrogen-bond acceptors (Lipinski definition) is 3. The summed E-state index contributed by atoms with van der Waals surface area (Å²) in [6.07, 6.45) is 1.77. The van der Waals surface area contributed by atoms with E-state index in [0.29, 0.717) is 12.5 Å². The summed E-state index contributed by atoms with van der Waals surface area (Å²) in [4.78, 5) is 16.6. The molecule has 0 aromatic carbocycles. The third kappa shape index (κ3) is 3.19. The van der Waals surface area contributed by atoms with E-state index in [-0.39, 0.29) is 5.91 Å². The number of likely N-dealkylation sites (N-methyl/N-ethyl adjacent to an activating group) is 1. The molecule has 0 bridgehead atoms. The Kier molecular flexibility index (Phi) is 4.95. The van der Waals surface area contributed by atoms with Gasteiger partial charge in [0.1, 0.15) is 0 Å². The van der Waals surface area contributed by atoms with E-state index < -0.39 is 5.54 Å². The van der Waals surface area contributed by atoms with Crippen molar-refractivity contribution in [1.29, 1.82) is 0 Å². The van der Waals surface area contributed by atoms with Crippen molar-refractivity contribution in [2.24, 2.45) is 5.73 Å². The average Bonchev–Trinajstić information content (AvgIpc) is 2.79. The van der Waals surface area contributed by atoms with Crippen molar-refractivity contribution in [3.63, 3.8) is 0 Å². The van der Waals surface area contributed by atoms with Crippen LogP contribution in [0.25, 0.3) is 0 Å². The topological polar surface area (TPSA) is 49.6 Å². The molecule has 2 N–H and O–H groups in total. The smallest absolute Gasteiger partial charge is 0.242 e. The normalized spacial score (nSPS) is 24.1. The minimum Gasteiger partial charge on any atom is -0.339 e. The standard InChI is InChI=1S/C13H27N3O/c1-5-13(4,14)12(17)16-9-8-11(10-16)15(6-2)7-3/h11H,5-10,14H2,1-4H3. The third-order valence-electron chi connectivity index (χ3n) is 4.00. The predicted octanol–water partition coefficient (Wildman–Crippen LogP) is 1.06. The Morgan fingerprint density at radius 1 is 1.41 bits per heavy atom. The van der Waals surface area contributed by atoms with Gasteiger partial charge in [-0.3, -0.25) is 9.69 Å². The predicted molar refractivity (Wildman–Crippen MR) is 70.8 cm³/mol.